The van der Waals surface area contributed by atoms with Crippen LogP contribution in [-0.2, 0) is 9.59 Å². The molecule has 2 amide bonds. The minimum atomic E-state index is -0.295. The first-order valence-electron chi connectivity index (χ1n) is 10.2. The van der Waals surface area contributed by atoms with Gasteiger partial charge in [-0.25, -0.2) is 10.4 Å². The molecule has 0 unspecified atom stereocenters. The molecule has 0 aliphatic rings. The van der Waals surface area contributed by atoms with Gasteiger partial charge in [-0.15, -0.1) is 0 Å². The Hall–Kier alpha value is -3.82. The second-order valence-corrected chi connectivity index (χ2v) is 8.46. The number of amides is 2. The number of aromatic amines is 1. The summed E-state index contributed by atoms with van der Waals surface area (Å²) in [6, 6.07) is 21.5. The smallest absolute Gasteiger partial charge is 0.262 e. The normalized spacial score (nSPS) is 11.0. The minimum absolute atomic E-state index is 0.140. The zero-order valence-electron chi connectivity index (χ0n) is 17.8. The SMILES string of the molecule is O=C(CSc1nc2ccccc2[nH]1)N/N=C\c1ccc(OCC(=O)Nc2cccc(Cl)c2)cc1. The Kier molecular flexibility index (Phi) is 7.79. The lowest BCUT2D eigenvalue weighted by Crippen LogP contribution is -2.20. The number of aromatic nitrogens is 2. The highest BCUT2D eigenvalue weighted by molar-refractivity contribution is 7.99. The van der Waals surface area contributed by atoms with E-state index < -0.39 is 0 Å². The number of halogens is 1. The molecule has 3 N–H and O–H groups in total. The highest BCUT2D eigenvalue weighted by Crippen LogP contribution is 2.19. The van der Waals surface area contributed by atoms with Crippen molar-refractivity contribution in [2.45, 2.75) is 5.16 Å². The predicted molar refractivity (Wildman–Crippen MR) is 135 cm³/mol. The van der Waals surface area contributed by atoms with E-state index in [1.165, 1.54) is 18.0 Å². The molecule has 8 nitrogen and oxygen atoms in total. The molecule has 0 bridgehead atoms. The van der Waals surface area contributed by atoms with Gasteiger partial charge in [0.2, 0.25) is 0 Å². The maximum Gasteiger partial charge on any atom is 0.262 e. The van der Waals surface area contributed by atoms with E-state index in [1.807, 2.05) is 24.3 Å². The summed E-state index contributed by atoms with van der Waals surface area (Å²) in [5.74, 6) is 0.175. The van der Waals surface area contributed by atoms with Gasteiger partial charge in [-0.2, -0.15) is 5.10 Å². The molecule has 1 heterocycles. The summed E-state index contributed by atoms with van der Waals surface area (Å²) in [4.78, 5) is 31.6. The number of H-pyrrole nitrogens is 1. The standard InChI is InChI=1S/C24H20ClN5O3S/c25-17-4-3-5-18(12-17)27-22(31)14-33-19-10-8-16(9-11-19)13-26-30-23(32)15-34-24-28-20-6-1-2-7-21(20)29-24/h1-13H,14-15H2,(H,27,31)(H,28,29)(H,30,32)/b26-13-. The fourth-order valence-corrected chi connectivity index (χ4v) is 3.77. The van der Waals surface area contributed by atoms with Crippen molar-refractivity contribution in [1.82, 2.24) is 15.4 Å². The summed E-state index contributed by atoms with van der Waals surface area (Å²) in [7, 11) is 0. The van der Waals surface area contributed by atoms with E-state index in [0.717, 1.165) is 16.6 Å². The minimum Gasteiger partial charge on any atom is -0.484 e. The van der Waals surface area contributed by atoms with Gasteiger partial charge in [0.15, 0.2) is 11.8 Å². The lowest BCUT2D eigenvalue weighted by molar-refractivity contribution is -0.119. The molecule has 3 aromatic carbocycles. The molecular formula is C24H20ClN5O3S. The van der Waals surface area contributed by atoms with Gasteiger partial charge in [-0.3, -0.25) is 9.59 Å². The summed E-state index contributed by atoms with van der Waals surface area (Å²) >= 11 is 7.21. The van der Waals surface area contributed by atoms with Crippen molar-refractivity contribution in [2.24, 2.45) is 5.10 Å². The maximum atomic E-state index is 12.0. The number of imidazole rings is 1. The lowest BCUT2D eigenvalue weighted by Gasteiger charge is -2.08. The van der Waals surface area contributed by atoms with E-state index in [2.05, 4.69) is 25.8 Å². The van der Waals surface area contributed by atoms with Crippen LogP contribution >= 0.6 is 23.4 Å². The number of carbonyl (C=O) groups is 2. The van der Waals surface area contributed by atoms with Gasteiger partial charge in [0.1, 0.15) is 5.75 Å². The van der Waals surface area contributed by atoms with Gasteiger partial charge < -0.3 is 15.0 Å². The number of hydrogen-bond acceptors (Lipinski definition) is 6. The topological polar surface area (TPSA) is 108 Å². The number of benzene rings is 3. The Morgan fingerprint density at radius 3 is 2.68 bits per heavy atom. The molecule has 4 rings (SSSR count). The average Bonchev–Trinajstić information content (AvgIpc) is 3.25. The molecule has 0 fully saturated rings. The highest BCUT2D eigenvalue weighted by atomic mass is 35.5. The molecule has 172 valence electrons. The van der Waals surface area contributed by atoms with E-state index >= 15 is 0 Å². The number of anilines is 1. The van der Waals surface area contributed by atoms with Crippen molar-refractivity contribution in [3.05, 3.63) is 83.4 Å². The van der Waals surface area contributed by atoms with Gasteiger partial charge in [0, 0.05) is 10.7 Å². The van der Waals surface area contributed by atoms with Gasteiger partial charge in [-0.1, -0.05) is 41.6 Å². The number of rotatable bonds is 9. The first-order valence-corrected chi connectivity index (χ1v) is 11.6. The number of carbonyl (C=O) groups excluding carboxylic acids is 2. The van der Waals surface area contributed by atoms with E-state index in [0.29, 0.717) is 21.6 Å². The largest absolute Gasteiger partial charge is 0.484 e. The molecule has 0 spiro atoms. The fraction of sp³-hybridized carbons (Fsp3) is 0.0833. The molecular weight excluding hydrogens is 474 g/mol. The van der Waals surface area contributed by atoms with E-state index in [1.54, 1.807) is 48.5 Å². The molecule has 0 aliphatic carbocycles. The predicted octanol–water partition coefficient (Wildman–Crippen LogP) is 4.48. The quantitative estimate of drug-likeness (QED) is 0.181. The molecule has 0 saturated heterocycles. The Morgan fingerprint density at radius 2 is 1.88 bits per heavy atom. The molecule has 4 aromatic rings. The van der Waals surface area contributed by atoms with E-state index in [-0.39, 0.29) is 24.2 Å². The number of thioether (sulfide) groups is 1. The van der Waals surface area contributed by atoms with E-state index in [9.17, 15) is 9.59 Å². The number of hydrazone groups is 1. The fourth-order valence-electron chi connectivity index (χ4n) is 2.91. The Balaban J connectivity index is 1.18. The maximum absolute atomic E-state index is 12.0. The Labute approximate surface area is 204 Å². The number of fused-ring (bicyclic) bond motifs is 1. The van der Waals surface area contributed by atoms with Crippen LogP contribution in [0.2, 0.25) is 5.02 Å². The molecule has 1 aromatic heterocycles. The third-order valence-corrected chi connectivity index (χ3v) is 5.58. The number of ether oxygens (including phenoxy) is 1. The number of para-hydroxylation sites is 2. The van der Waals surface area contributed by atoms with Crippen LogP contribution in [0.15, 0.2) is 83.1 Å². The Morgan fingerprint density at radius 1 is 1.06 bits per heavy atom. The molecule has 34 heavy (non-hydrogen) atoms. The molecule has 0 saturated carbocycles. The highest BCUT2D eigenvalue weighted by Gasteiger charge is 2.07. The summed E-state index contributed by atoms with van der Waals surface area (Å²) < 4.78 is 5.49. The van der Waals surface area contributed by atoms with Crippen LogP contribution in [0, 0.1) is 0 Å². The van der Waals surface area contributed by atoms with Gasteiger partial charge >= 0.3 is 0 Å². The second-order valence-electron chi connectivity index (χ2n) is 7.06. The van der Waals surface area contributed by atoms with Crippen molar-refractivity contribution >= 4 is 58.1 Å². The first kappa shape index (κ1) is 23.3. The van der Waals surface area contributed by atoms with Crippen molar-refractivity contribution < 1.29 is 14.3 Å². The van der Waals surface area contributed by atoms with Crippen molar-refractivity contribution in [1.29, 1.82) is 0 Å². The van der Waals surface area contributed by atoms with Crippen molar-refractivity contribution in [3.8, 4) is 5.75 Å². The van der Waals surface area contributed by atoms with Gasteiger partial charge in [0.25, 0.3) is 11.8 Å². The monoisotopic (exact) mass is 493 g/mol. The average molecular weight is 494 g/mol. The number of nitrogens with zero attached hydrogens (tertiary/aromatic N) is 2. The van der Waals surface area contributed by atoms with Gasteiger partial charge in [-0.05, 0) is 60.2 Å². The molecule has 0 radical (unpaired) electrons. The molecule has 10 heteroatoms. The van der Waals surface area contributed by atoms with Crippen molar-refractivity contribution in [3.63, 3.8) is 0 Å². The summed E-state index contributed by atoms with van der Waals surface area (Å²) in [6.07, 6.45) is 1.53. The van der Waals surface area contributed by atoms with Crippen LogP contribution in [0.1, 0.15) is 5.56 Å². The molecule has 0 atom stereocenters. The summed E-state index contributed by atoms with van der Waals surface area (Å²) in [5, 5.41) is 7.90. The molecule has 0 aliphatic heterocycles. The Bertz CT molecular complexity index is 1290. The van der Waals surface area contributed by atoms with Crippen LogP contribution in [0.5, 0.6) is 5.75 Å². The van der Waals surface area contributed by atoms with Crippen LogP contribution in [0.3, 0.4) is 0 Å². The third-order valence-electron chi connectivity index (χ3n) is 4.47. The zero-order chi connectivity index (χ0) is 23.8. The second kappa shape index (κ2) is 11.4. The van der Waals surface area contributed by atoms with Crippen molar-refractivity contribution in [2.75, 3.05) is 17.7 Å². The third kappa shape index (κ3) is 6.84. The first-order chi connectivity index (χ1) is 16.5. The summed E-state index contributed by atoms with van der Waals surface area (Å²) in [5.41, 5.74) is 5.65. The van der Waals surface area contributed by atoms with Crippen LogP contribution in [0.4, 0.5) is 5.69 Å². The lowest BCUT2D eigenvalue weighted by atomic mass is 10.2. The van der Waals surface area contributed by atoms with Crippen LogP contribution in [-0.4, -0.2) is 40.4 Å². The van der Waals surface area contributed by atoms with E-state index in [4.69, 9.17) is 16.3 Å². The summed E-state index contributed by atoms with van der Waals surface area (Å²) in [6.45, 7) is -0.140. The van der Waals surface area contributed by atoms with Crippen LogP contribution < -0.4 is 15.5 Å². The van der Waals surface area contributed by atoms with Gasteiger partial charge in [0.05, 0.1) is 23.0 Å². The number of nitrogens with one attached hydrogen (secondary N) is 3. The zero-order valence-corrected chi connectivity index (χ0v) is 19.4. The number of hydrogen-bond donors (Lipinski definition) is 3. The van der Waals surface area contributed by atoms with Crippen LogP contribution in [0.25, 0.3) is 11.0 Å².